The molecule has 1 N–H and O–H groups in total. The van der Waals surface area contributed by atoms with Gasteiger partial charge in [0, 0.05) is 12.6 Å². The largest absolute Gasteiger partial charge is 0.469 e. The third-order valence-electron chi connectivity index (χ3n) is 4.09. The Hall–Kier alpha value is -0.570. The normalized spacial score (nSPS) is 20.3. The van der Waals surface area contributed by atoms with Crippen LogP contribution in [0.15, 0.2) is 0 Å². The van der Waals surface area contributed by atoms with Gasteiger partial charge in [-0.25, -0.2) is 0 Å². The molecule has 0 aliphatic heterocycles. The zero-order valence-electron chi connectivity index (χ0n) is 12.6. The first-order valence-corrected chi connectivity index (χ1v) is 8.13. The average Bonchev–Trinajstić information content (AvgIpc) is 2.41. The van der Waals surface area contributed by atoms with E-state index >= 15 is 0 Å². The number of rotatable bonds is 4. The molecule has 0 spiro atoms. The molecule has 0 heterocycles. The maximum atomic E-state index is 11.1. The fourth-order valence-electron chi connectivity index (χ4n) is 2.85. The maximum Gasteiger partial charge on any atom is 0.306 e. The smallest absolute Gasteiger partial charge is 0.306 e. The lowest BCUT2D eigenvalue weighted by molar-refractivity contribution is -0.140. The van der Waals surface area contributed by atoms with Crippen LogP contribution >= 0.6 is 0 Å². The van der Waals surface area contributed by atoms with E-state index < -0.39 is 0 Å². The van der Waals surface area contributed by atoms with Crippen LogP contribution < -0.4 is 5.32 Å². The van der Waals surface area contributed by atoms with E-state index in [1.807, 2.05) is 0 Å². The average molecular weight is 269 g/mol. The van der Waals surface area contributed by atoms with E-state index in [0.717, 1.165) is 6.54 Å². The van der Waals surface area contributed by atoms with Crippen LogP contribution in [0.4, 0.5) is 0 Å². The van der Waals surface area contributed by atoms with Gasteiger partial charge < -0.3 is 10.1 Å². The molecule has 0 amide bonds. The highest BCUT2D eigenvalue weighted by atomic mass is 16.5. The van der Waals surface area contributed by atoms with Crippen molar-refractivity contribution in [2.45, 2.75) is 83.1 Å². The van der Waals surface area contributed by atoms with Crippen LogP contribution in [0.2, 0.25) is 0 Å². The van der Waals surface area contributed by atoms with Crippen LogP contribution in [-0.2, 0) is 9.53 Å². The van der Waals surface area contributed by atoms with Crippen molar-refractivity contribution >= 4 is 5.97 Å². The third-order valence-corrected chi connectivity index (χ3v) is 4.09. The van der Waals surface area contributed by atoms with E-state index in [0.29, 0.717) is 12.5 Å². The molecule has 1 rings (SSSR count). The summed E-state index contributed by atoms with van der Waals surface area (Å²) < 4.78 is 4.67. The van der Waals surface area contributed by atoms with E-state index in [2.05, 4.69) is 10.1 Å². The van der Waals surface area contributed by atoms with Gasteiger partial charge in [0.2, 0.25) is 0 Å². The predicted octanol–water partition coefficient (Wildman–Crippen LogP) is 3.81. The van der Waals surface area contributed by atoms with Crippen molar-refractivity contribution in [1.29, 1.82) is 0 Å². The molecule has 3 heteroatoms. The second-order valence-electron chi connectivity index (χ2n) is 5.74. The van der Waals surface area contributed by atoms with E-state index in [1.165, 1.54) is 77.7 Å². The number of ether oxygens (including phenoxy) is 1. The first-order valence-electron chi connectivity index (χ1n) is 8.13. The molecule has 1 saturated carbocycles. The van der Waals surface area contributed by atoms with Gasteiger partial charge >= 0.3 is 5.97 Å². The van der Waals surface area contributed by atoms with Gasteiger partial charge in [-0.2, -0.15) is 0 Å². The molecule has 3 nitrogen and oxygen atoms in total. The lowest BCUT2D eigenvalue weighted by Gasteiger charge is -2.19. The summed E-state index contributed by atoms with van der Waals surface area (Å²) in [4.78, 5) is 11.1. The Labute approximate surface area is 118 Å². The molecule has 112 valence electrons. The highest BCUT2D eigenvalue weighted by molar-refractivity contribution is 5.69. The Kier molecular flexibility index (Phi) is 9.78. The van der Waals surface area contributed by atoms with Gasteiger partial charge in [0.05, 0.1) is 13.5 Å². The monoisotopic (exact) mass is 269 g/mol. The minimum absolute atomic E-state index is 0.111. The van der Waals surface area contributed by atoms with Crippen molar-refractivity contribution in [2.24, 2.45) is 0 Å². The van der Waals surface area contributed by atoms with Gasteiger partial charge in [-0.15, -0.1) is 0 Å². The number of esters is 1. The molecule has 0 bridgehead atoms. The van der Waals surface area contributed by atoms with Crippen LogP contribution in [0.25, 0.3) is 0 Å². The second-order valence-corrected chi connectivity index (χ2v) is 5.74. The second kappa shape index (κ2) is 11.3. The summed E-state index contributed by atoms with van der Waals surface area (Å²) in [5.41, 5.74) is 0. The summed E-state index contributed by atoms with van der Waals surface area (Å²) >= 11 is 0. The van der Waals surface area contributed by atoms with Gasteiger partial charge in [-0.1, -0.05) is 57.8 Å². The Bertz CT molecular complexity index is 219. The Morgan fingerprint density at radius 2 is 1.42 bits per heavy atom. The minimum atomic E-state index is -0.111. The maximum absolute atomic E-state index is 11.1. The summed E-state index contributed by atoms with van der Waals surface area (Å²) in [6.07, 6.45) is 15.5. The molecule has 1 fully saturated rings. The SMILES string of the molecule is COC(=O)CCNC1CCCCCCCCCCC1. The molecule has 0 aromatic heterocycles. The van der Waals surface area contributed by atoms with Crippen molar-refractivity contribution < 1.29 is 9.53 Å². The number of hydrogen-bond acceptors (Lipinski definition) is 3. The summed E-state index contributed by atoms with van der Waals surface area (Å²) in [7, 11) is 1.46. The summed E-state index contributed by atoms with van der Waals surface area (Å²) in [5, 5.41) is 3.54. The number of methoxy groups -OCH3 is 1. The van der Waals surface area contributed by atoms with Crippen LogP contribution in [-0.4, -0.2) is 25.7 Å². The van der Waals surface area contributed by atoms with Crippen LogP contribution in [0.1, 0.15) is 77.0 Å². The van der Waals surface area contributed by atoms with Gasteiger partial charge in [0.15, 0.2) is 0 Å². The predicted molar refractivity (Wildman–Crippen MR) is 79.2 cm³/mol. The van der Waals surface area contributed by atoms with Crippen molar-refractivity contribution in [1.82, 2.24) is 5.32 Å². The van der Waals surface area contributed by atoms with Gasteiger partial charge in [0.1, 0.15) is 0 Å². The molecular formula is C16H31NO2. The molecule has 1 aliphatic carbocycles. The quantitative estimate of drug-likeness (QED) is 0.789. The highest BCUT2D eigenvalue weighted by Crippen LogP contribution is 2.16. The van der Waals surface area contributed by atoms with Gasteiger partial charge in [-0.05, 0) is 12.8 Å². The highest BCUT2D eigenvalue weighted by Gasteiger charge is 2.09. The van der Waals surface area contributed by atoms with E-state index in [4.69, 9.17) is 0 Å². The first-order chi connectivity index (χ1) is 9.33. The molecule has 0 unspecified atom stereocenters. The topological polar surface area (TPSA) is 38.3 Å². The first kappa shape index (κ1) is 16.5. The van der Waals surface area contributed by atoms with Gasteiger partial charge in [0.25, 0.3) is 0 Å². The molecule has 0 atom stereocenters. The number of nitrogens with one attached hydrogen (secondary N) is 1. The third kappa shape index (κ3) is 9.04. The molecule has 0 aromatic rings. The van der Waals surface area contributed by atoms with Crippen molar-refractivity contribution in [3.63, 3.8) is 0 Å². The molecule has 0 saturated heterocycles. The summed E-state index contributed by atoms with van der Waals surface area (Å²) in [6, 6.07) is 0.601. The molecular weight excluding hydrogens is 238 g/mol. The minimum Gasteiger partial charge on any atom is -0.469 e. The fourth-order valence-corrected chi connectivity index (χ4v) is 2.85. The fraction of sp³-hybridized carbons (Fsp3) is 0.938. The van der Waals surface area contributed by atoms with Crippen LogP contribution in [0.3, 0.4) is 0 Å². The van der Waals surface area contributed by atoms with E-state index in [-0.39, 0.29) is 5.97 Å². The summed E-state index contributed by atoms with van der Waals surface area (Å²) in [6.45, 7) is 0.761. The zero-order chi connectivity index (χ0) is 13.8. The Morgan fingerprint density at radius 3 is 1.89 bits per heavy atom. The van der Waals surface area contributed by atoms with Crippen molar-refractivity contribution in [2.75, 3.05) is 13.7 Å². The molecule has 0 radical (unpaired) electrons. The molecule has 0 aromatic carbocycles. The van der Waals surface area contributed by atoms with E-state index in [1.54, 1.807) is 0 Å². The van der Waals surface area contributed by atoms with Crippen molar-refractivity contribution in [3.8, 4) is 0 Å². The number of hydrogen-bond donors (Lipinski definition) is 1. The van der Waals surface area contributed by atoms with Crippen molar-refractivity contribution in [3.05, 3.63) is 0 Å². The Morgan fingerprint density at radius 1 is 0.947 bits per heavy atom. The standard InChI is InChI=1S/C16H31NO2/c1-19-16(18)13-14-17-15-11-9-7-5-3-2-4-6-8-10-12-15/h15,17H,2-14H2,1H3. The number of carbonyl (C=O) groups excluding carboxylic acids is 1. The zero-order valence-corrected chi connectivity index (χ0v) is 12.6. The lowest BCUT2D eigenvalue weighted by atomic mass is 9.98. The van der Waals surface area contributed by atoms with Crippen LogP contribution in [0, 0.1) is 0 Å². The number of carbonyl (C=O) groups is 1. The van der Waals surface area contributed by atoms with E-state index in [9.17, 15) is 4.79 Å². The molecule has 1 aliphatic rings. The Balaban J connectivity index is 2.20. The summed E-state index contributed by atoms with van der Waals surface area (Å²) in [5.74, 6) is -0.111. The van der Waals surface area contributed by atoms with Crippen LogP contribution in [0.5, 0.6) is 0 Å². The lowest BCUT2D eigenvalue weighted by Crippen LogP contribution is -2.31. The van der Waals surface area contributed by atoms with Gasteiger partial charge in [-0.3, -0.25) is 4.79 Å². The molecule has 19 heavy (non-hydrogen) atoms.